The first-order valence-electron chi connectivity index (χ1n) is 18.2. The van der Waals surface area contributed by atoms with Gasteiger partial charge in [-0.3, -0.25) is 0 Å². The van der Waals surface area contributed by atoms with Crippen molar-refractivity contribution in [3.05, 3.63) is 181 Å². The van der Waals surface area contributed by atoms with Crippen LogP contribution in [0.1, 0.15) is 25.0 Å². The van der Waals surface area contributed by atoms with Crippen LogP contribution in [0.5, 0.6) is 11.5 Å². The van der Waals surface area contributed by atoms with Crippen LogP contribution in [-0.2, 0) is 5.41 Å². The van der Waals surface area contributed by atoms with Gasteiger partial charge in [-0.25, -0.2) is 0 Å². The summed E-state index contributed by atoms with van der Waals surface area (Å²) in [6, 6.07) is 62.4. The molecule has 1 heteroatoms. The summed E-state index contributed by atoms with van der Waals surface area (Å²) in [5.74, 6) is 1.81. The average Bonchev–Trinajstić information content (AvgIpc) is 3.41. The third kappa shape index (κ3) is 4.23. The Bertz CT molecular complexity index is 2950. The summed E-state index contributed by atoms with van der Waals surface area (Å²) in [4.78, 5) is 0. The van der Waals surface area contributed by atoms with E-state index < -0.39 is 0 Å². The molecule has 0 unspecified atom stereocenters. The molecule has 0 bridgehead atoms. The van der Waals surface area contributed by atoms with Gasteiger partial charge in [-0.15, -0.1) is 0 Å². The van der Waals surface area contributed by atoms with Gasteiger partial charge in [0.1, 0.15) is 11.5 Å². The molecule has 244 valence electrons. The number of benzene rings is 9. The topological polar surface area (TPSA) is 9.23 Å². The third-order valence-electron chi connectivity index (χ3n) is 11.6. The molecule has 0 amide bonds. The zero-order valence-corrected chi connectivity index (χ0v) is 29.1. The lowest BCUT2D eigenvalue weighted by atomic mass is 9.81. The first kappa shape index (κ1) is 29.3. The zero-order chi connectivity index (χ0) is 34.6. The van der Waals surface area contributed by atoms with Crippen LogP contribution < -0.4 is 4.74 Å². The van der Waals surface area contributed by atoms with Crippen LogP contribution in [-0.4, -0.2) is 0 Å². The predicted octanol–water partition coefficient (Wildman–Crippen LogP) is 14.2. The summed E-state index contributed by atoms with van der Waals surface area (Å²) < 4.78 is 6.55. The zero-order valence-electron chi connectivity index (χ0n) is 29.1. The van der Waals surface area contributed by atoms with Crippen LogP contribution in [0, 0.1) is 0 Å². The molecule has 0 saturated carbocycles. The van der Waals surface area contributed by atoms with E-state index in [1.165, 1.54) is 93.5 Å². The molecule has 1 heterocycles. The van der Waals surface area contributed by atoms with Crippen molar-refractivity contribution < 1.29 is 4.74 Å². The quantitative estimate of drug-likeness (QED) is 0.183. The molecular formula is C51H34O. The lowest BCUT2D eigenvalue weighted by molar-refractivity contribution is 0.487. The second-order valence-corrected chi connectivity index (χ2v) is 14.9. The molecule has 9 aromatic carbocycles. The Hall–Kier alpha value is -6.44. The maximum Gasteiger partial charge on any atom is 0.135 e. The van der Waals surface area contributed by atoms with E-state index in [0.29, 0.717) is 0 Å². The van der Waals surface area contributed by atoms with Crippen molar-refractivity contribution in [1.82, 2.24) is 0 Å². The van der Waals surface area contributed by atoms with E-state index in [1.54, 1.807) is 0 Å². The van der Waals surface area contributed by atoms with Crippen LogP contribution in [0.2, 0.25) is 0 Å². The van der Waals surface area contributed by atoms with E-state index >= 15 is 0 Å². The highest BCUT2D eigenvalue weighted by Gasteiger charge is 2.36. The Labute approximate surface area is 303 Å². The monoisotopic (exact) mass is 662 g/mol. The molecule has 0 atom stereocenters. The summed E-state index contributed by atoms with van der Waals surface area (Å²) in [6.45, 7) is 4.75. The molecule has 2 aliphatic rings. The Morgan fingerprint density at radius 3 is 1.88 bits per heavy atom. The molecule has 1 nitrogen and oxygen atoms in total. The first-order valence-corrected chi connectivity index (χ1v) is 18.2. The van der Waals surface area contributed by atoms with Crippen molar-refractivity contribution in [2.45, 2.75) is 19.3 Å². The number of hydrogen-bond donors (Lipinski definition) is 0. The lowest BCUT2D eigenvalue weighted by Crippen LogP contribution is -2.15. The van der Waals surface area contributed by atoms with Crippen molar-refractivity contribution in [1.29, 1.82) is 0 Å². The van der Waals surface area contributed by atoms with Crippen molar-refractivity contribution in [3.63, 3.8) is 0 Å². The van der Waals surface area contributed by atoms with Crippen molar-refractivity contribution in [2.75, 3.05) is 0 Å². The minimum atomic E-state index is -0.0789. The molecule has 0 aromatic heterocycles. The minimum absolute atomic E-state index is 0.0789. The van der Waals surface area contributed by atoms with E-state index in [-0.39, 0.29) is 5.41 Å². The second kappa shape index (κ2) is 10.8. The van der Waals surface area contributed by atoms with Gasteiger partial charge in [0.25, 0.3) is 0 Å². The molecule has 0 radical (unpaired) electrons. The smallest absolute Gasteiger partial charge is 0.135 e. The van der Waals surface area contributed by atoms with E-state index in [2.05, 4.69) is 184 Å². The Morgan fingerprint density at radius 1 is 0.346 bits per heavy atom. The van der Waals surface area contributed by atoms with Crippen LogP contribution in [0.15, 0.2) is 170 Å². The van der Waals surface area contributed by atoms with Gasteiger partial charge in [-0.05, 0) is 131 Å². The fourth-order valence-corrected chi connectivity index (χ4v) is 8.99. The SMILES string of the molecule is CC1(C)c2cc(-c3cccc4cc(-c5ccc6c7c(cccc57)-c5cc(-c7ccccc7)ccc5O6)ccc34)ccc2-c2cc3ccccc3cc21. The Kier molecular flexibility index (Phi) is 6.08. The Morgan fingerprint density at radius 2 is 1.00 bits per heavy atom. The number of ether oxygens (including phenoxy) is 1. The van der Waals surface area contributed by atoms with Gasteiger partial charge >= 0.3 is 0 Å². The highest BCUT2D eigenvalue weighted by molar-refractivity contribution is 6.11. The van der Waals surface area contributed by atoms with Crippen molar-refractivity contribution in [2.24, 2.45) is 0 Å². The van der Waals surface area contributed by atoms with Crippen LogP contribution in [0.4, 0.5) is 0 Å². The van der Waals surface area contributed by atoms with Crippen LogP contribution in [0.3, 0.4) is 0 Å². The molecule has 9 aromatic rings. The maximum atomic E-state index is 6.55. The lowest BCUT2D eigenvalue weighted by Gasteiger charge is -2.23. The molecular weight excluding hydrogens is 629 g/mol. The fourth-order valence-electron chi connectivity index (χ4n) is 8.99. The van der Waals surface area contributed by atoms with E-state index in [9.17, 15) is 0 Å². The van der Waals surface area contributed by atoms with Gasteiger partial charge in [-0.1, -0.05) is 141 Å². The highest BCUT2D eigenvalue weighted by atomic mass is 16.5. The standard InChI is InChI=1S/C51H34O/c1-51(2)46-30-37(19-22-41(46)44-27-32-12-6-7-13-33(32)29-47(44)51)38-15-8-14-35-26-36(18-21-39(35)38)40-23-25-49-50-42(40)16-9-17-43(50)45-28-34(20-24-48(45)52-49)31-10-4-3-5-11-31/h3-30H,1-2H3. The fraction of sp³-hybridized carbons (Fsp3) is 0.0588. The van der Waals surface area contributed by atoms with Gasteiger partial charge in [-0.2, -0.15) is 0 Å². The summed E-state index contributed by atoms with van der Waals surface area (Å²) in [5.41, 5.74) is 15.1. The second-order valence-electron chi connectivity index (χ2n) is 14.9. The van der Waals surface area contributed by atoms with E-state index in [0.717, 1.165) is 17.1 Å². The van der Waals surface area contributed by atoms with Gasteiger partial charge in [0, 0.05) is 16.4 Å². The molecule has 1 aliphatic carbocycles. The van der Waals surface area contributed by atoms with E-state index in [1.807, 2.05) is 0 Å². The molecule has 1 aliphatic heterocycles. The number of rotatable bonds is 3. The number of hydrogen-bond acceptors (Lipinski definition) is 1. The molecule has 0 N–H and O–H groups in total. The highest BCUT2D eigenvalue weighted by Crippen LogP contribution is 2.52. The summed E-state index contributed by atoms with van der Waals surface area (Å²) in [5, 5.41) is 7.47. The summed E-state index contributed by atoms with van der Waals surface area (Å²) >= 11 is 0. The van der Waals surface area contributed by atoms with Crippen LogP contribution in [0.25, 0.3) is 88.0 Å². The minimum Gasteiger partial charge on any atom is -0.456 e. The van der Waals surface area contributed by atoms with Gasteiger partial charge in [0.05, 0.1) is 0 Å². The molecule has 52 heavy (non-hydrogen) atoms. The predicted molar refractivity (Wildman–Crippen MR) is 218 cm³/mol. The molecule has 0 fully saturated rings. The summed E-state index contributed by atoms with van der Waals surface area (Å²) in [6.07, 6.45) is 0. The normalized spacial score (nSPS) is 13.5. The Balaban J connectivity index is 1.01. The summed E-state index contributed by atoms with van der Waals surface area (Å²) in [7, 11) is 0. The van der Waals surface area contributed by atoms with Gasteiger partial charge in [0.15, 0.2) is 0 Å². The number of fused-ring (bicyclic) bond motifs is 7. The molecule has 0 saturated heterocycles. The molecule has 11 rings (SSSR count). The first-order chi connectivity index (χ1) is 25.5. The van der Waals surface area contributed by atoms with Crippen molar-refractivity contribution >= 4 is 32.3 Å². The van der Waals surface area contributed by atoms with E-state index in [4.69, 9.17) is 4.74 Å². The maximum absolute atomic E-state index is 6.55. The van der Waals surface area contributed by atoms with Gasteiger partial charge in [0.2, 0.25) is 0 Å². The third-order valence-corrected chi connectivity index (χ3v) is 11.6. The van der Waals surface area contributed by atoms with Crippen LogP contribution >= 0.6 is 0 Å². The molecule has 0 spiro atoms. The van der Waals surface area contributed by atoms with Gasteiger partial charge < -0.3 is 4.74 Å². The largest absolute Gasteiger partial charge is 0.456 e. The van der Waals surface area contributed by atoms with Crippen molar-refractivity contribution in [3.8, 4) is 67.1 Å². The average molecular weight is 663 g/mol.